The molecule has 2 aliphatic rings. The maximum atomic E-state index is 13.0. The normalized spacial score (nSPS) is 16.0. The minimum atomic E-state index is -0.0890. The first-order valence-corrected chi connectivity index (χ1v) is 10.5. The number of amides is 2. The van der Waals surface area contributed by atoms with E-state index in [0.29, 0.717) is 70.0 Å². The lowest BCUT2D eigenvalue weighted by atomic mass is 10.0. The van der Waals surface area contributed by atoms with Gasteiger partial charge in [-0.05, 0) is 42.3 Å². The fraction of sp³-hybridized carbons (Fsp3) is 0.375. The highest BCUT2D eigenvalue weighted by molar-refractivity contribution is 5.94. The van der Waals surface area contributed by atoms with E-state index < -0.39 is 0 Å². The molecule has 160 valence electrons. The summed E-state index contributed by atoms with van der Waals surface area (Å²) in [6.07, 6.45) is 1.10. The highest BCUT2D eigenvalue weighted by atomic mass is 16.5. The van der Waals surface area contributed by atoms with E-state index in [1.807, 2.05) is 23.1 Å². The summed E-state index contributed by atoms with van der Waals surface area (Å²) in [6, 6.07) is 14.7. The Morgan fingerprint density at radius 3 is 2.45 bits per heavy atom. The molecule has 7 nitrogen and oxygen atoms in total. The van der Waals surface area contributed by atoms with Crippen LogP contribution in [0.4, 0.5) is 0 Å². The molecule has 2 aromatic rings. The van der Waals surface area contributed by atoms with Crippen LogP contribution >= 0.6 is 0 Å². The average molecular weight is 419 g/mol. The molecule has 1 saturated heterocycles. The number of nitrogens with zero attached hydrogens (tertiary/aromatic N) is 3. The number of carbonyl (C=O) groups excluding carboxylic acids is 2. The van der Waals surface area contributed by atoms with Crippen molar-refractivity contribution in [1.82, 2.24) is 9.80 Å². The van der Waals surface area contributed by atoms with Crippen molar-refractivity contribution in [2.45, 2.75) is 19.4 Å². The molecular weight excluding hydrogens is 394 g/mol. The number of fused-ring (bicyclic) bond motifs is 1. The topological polar surface area (TPSA) is 82.9 Å². The third-order valence-electron chi connectivity index (χ3n) is 5.64. The number of carbonyl (C=O) groups is 2. The molecular formula is C24H25N3O4. The van der Waals surface area contributed by atoms with Crippen LogP contribution in [-0.2, 0) is 22.5 Å². The Labute approximate surface area is 181 Å². The molecule has 2 aromatic carbocycles. The molecule has 0 atom stereocenters. The fourth-order valence-electron chi connectivity index (χ4n) is 3.87. The van der Waals surface area contributed by atoms with Gasteiger partial charge in [0.05, 0.1) is 31.4 Å². The van der Waals surface area contributed by atoms with Crippen molar-refractivity contribution in [2.24, 2.45) is 0 Å². The number of hydrogen-bond donors (Lipinski definition) is 0. The summed E-state index contributed by atoms with van der Waals surface area (Å²) in [5.41, 5.74) is 3.07. The zero-order valence-corrected chi connectivity index (χ0v) is 17.4. The summed E-state index contributed by atoms with van der Waals surface area (Å²) < 4.78 is 11.2. The van der Waals surface area contributed by atoms with Crippen LogP contribution < -0.4 is 4.74 Å². The molecule has 4 rings (SSSR count). The second kappa shape index (κ2) is 9.63. The van der Waals surface area contributed by atoms with E-state index in [1.165, 1.54) is 0 Å². The molecule has 0 spiro atoms. The van der Waals surface area contributed by atoms with Crippen molar-refractivity contribution >= 4 is 11.8 Å². The number of rotatable bonds is 4. The third-order valence-corrected chi connectivity index (χ3v) is 5.64. The smallest absolute Gasteiger partial charge is 0.254 e. The van der Waals surface area contributed by atoms with Crippen molar-refractivity contribution in [3.63, 3.8) is 0 Å². The van der Waals surface area contributed by atoms with Gasteiger partial charge < -0.3 is 19.3 Å². The van der Waals surface area contributed by atoms with Gasteiger partial charge in [0, 0.05) is 37.2 Å². The number of hydrogen-bond acceptors (Lipinski definition) is 5. The van der Waals surface area contributed by atoms with Crippen molar-refractivity contribution in [2.75, 3.05) is 39.5 Å². The largest absolute Gasteiger partial charge is 0.491 e. The Bertz CT molecular complexity index is 991. The molecule has 1 fully saturated rings. The maximum absolute atomic E-state index is 13.0. The predicted molar refractivity (Wildman–Crippen MR) is 114 cm³/mol. The monoisotopic (exact) mass is 419 g/mol. The van der Waals surface area contributed by atoms with Crippen molar-refractivity contribution in [3.05, 3.63) is 64.7 Å². The lowest BCUT2D eigenvalue weighted by Gasteiger charge is -2.26. The Hall–Kier alpha value is -3.37. The standard InChI is InChI=1S/C24H25N3O4/c25-16-19-1-5-20(6-2-19)24(29)27-11-14-31-22-7-3-18(15-21(22)17-27)4-8-23(28)26-9-12-30-13-10-26/h1-3,5-7,15H,4,8-14,17H2. The molecule has 0 bridgehead atoms. The van der Waals surface area contributed by atoms with E-state index in [4.69, 9.17) is 14.7 Å². The molecule has 0 radical (unpaired) electrons. The lowest BCUT2D eigenvalue weighted by molar-refractivity contribution is -0.135. The van der Waals surface area contributed by atoms with E-state index in [2.05, 4.69) is 6.07 Å². The van der Waals surface area contributed by atoms with E-state index >= 15 is 0 Å². The molecule has 0 unspecified atom stereocenters. The first-order chi connectivity index (χ1) is 15.1. The van der Waals surface area contributed by atoms with Gasteiger partial charge in [0.2, 0.25) is 5.91 Å². The predicted octanol–water partition coefficient (Wildman–Crippen LogP) is 2.38. The highest BCUT2D eigenvalue weighted by Gasteiger charge is 2.22. The fourth-order valence-corrected chi connectivity index (χ4v) is 3.87. The quantitative estimate of drug-likeness (QED) is 0.760. The van der Waals surface area contributed by atoms with Gasteiger partial charge in [-0.2, -0.15) is 5.26 Å². The number of benzene rings is 2. The minimum absolute atomic E-state index is 0.0890. The van der Waals surface area contributed by atoms with Crippen LogP contribution in [0.3, 0.4) is 0 Å². The van der Waals surface area contributed by atoms with Gasteiger partial charge in [0.15, 0.2) is 0 Å². The lowest BCUT2D eigenvalue weighted by Crippen LogP contribution is -2.40. The van der Waals surface area contributed by atoms with Gasteiger partial charge in [-0.3, -0.25) is 9.59 Å². The van der Waals surface area contributed by atoms with Crippen LogP contribution in [-0.4, -0.2) is 61.1 Å². The van der Waals surface area contributed by atoms with E-state index in [1.54, 1.807) is 29.2 Å². The first-order valence-electron chi connectivity index (χ1n) is 10.5. The van der Waals surface area contributed by atoms with Crippen LogP contribution in [0.25, 0.3) is 0 Å². The van der Waals surface area contributed by atoms with Gasteiger partial charge >= 0.3 is 0 Å². The first kappa shape index (κ1) is 20.9. The van der Waals surface area contributed by atoms with Crippen LogP contribution in [0.5, 0.6) is 5.75 Å². The zero-order chi connectivity index (χ0) is 21.6. The molecule has 31 heavy (non-hydrogen) atoms. The summed E-state index contributed by atoms with van der Waals surface area (Å²) in [7, 11) is 0. The van der Waals surface area contributed by atoms with Gasteiger partial charge in [0.25, 0.3) is 5.91 Å². The molecule has 2 amide bonds. The Morgan fingerprint density at radius 2 is 1.71 bits per heavy atom. The SMILES string of the molecule is N#Cc1ccc(C(=O)N2CCOc3ccc(CCC(=O)N4CCOCC4)cc3C2)cc1. The summed E-state index contributed by atoms with van der Waals surface area (Å²) in [4.78, 5) is 29.0. The molecule has 7 heteroatoms. The number of morpholine rings is 1. The van der Waals surface area contributed by atoms with Crippen LogP contribution in [0.15, 0.2) is 42.5 Å². The Balaban J connectivity index is 1.43. The van der Waals surface area contributed by atoms with Crippen LogP contribution in [0.2, 0.25) is 0 Å². The van der Waals surface area contributed by atoms with Gasteiger partial charge in [-0.25, -0.2) is 0 Å². The van der Waals surface area contributed by atoms with Crippen LogP contribution in [0, 0.1) is 11.3 Å². The maximum Gasteiger partial charge on any atom is 0.254 e. The summed E-state index contributed by atoms with van der Waals surface area (Å²) in [6.45, 7) is 3.87. The highest BCUT2D eigenvalue weighted by Crippen LogP contribution is 2.26. The van der Waals surface area contributed by atoms with Crippen molar-refractivity contribution in [3.8, 4) is 11.8 Å². The second-order valence-electron chi connectivity index (χ2n) is 7.70. The molecule has 0 aromatic heterocycles. The van der Waals surface area contributed by atoms with E-state index in [0.717, 1.165) is 16.9 Å². The Kier molecular flexibility index (Phi) is 6.48. The van der Waals surface area contributed by atoms with Gasteiger partial charge in [-0.15, -0.1) is 0 Å². The van der Waals surface area contributed by atoms with Crippen molar-refractivity contribution in [1.29, 1.82) is 5.26 Å². The van der Waals surface area contributed by atoms with E-state index in [9.17, 15) is 9.59 Å². The second-order valence-corrected chi connectivity index (χ2v) is 7.70. The Morgan fingerprint density at radius 1 is 0.968 bits per heavy atom. The molecule has 0 aliphatic carbocycles. The summed E-state index contributed by atoms with van der Waals surface area (Å²) >= 11 is 0. The van der Waals surface area contributed by atoms with Crippen LogP contribution in [0.1, 0.15) is 33.5 Å². The van der Waals surface area contributed by atoms with Gasteiger partial charge in [-0.1, -0.05) is 12.1 Å². The zero-order valence-electron chi connectivity index (χ0n) is 17.4. The third kappa shape index (κ3) is 5.04. The summed E-state index contributed by atoms with van der Waals surface area (Å²) in [5.74, 6) is 0.833. The van der Waals surface area contributed by atoms with Crippen molar-refractivity contribution < 1.29 is 19.1 Å². The molecule has 0 N–H and O–H groups in total. The van der Waals surface area contributed by atoms with E-state index in [-0.39, 0.29) is 11.8 Å². The average Bonchev–Trinajstić information content (AvgIpc) is 3.04. The summed E-state index contributed by atoms with van der Waals surface area (Å²) in [5, 5.41) is 8.95. The minimum Gasteiger partial charge on any atom is -0.491 e. The molecule has 0 saturated carbocycles. The molecule has 2 heterocycles. The van der Waals surface area contributed by atoms with Gasteiger partial charge in [0.1, 0.15) is 12.4 Å². The number of nitriles is 1. The number of aryl methyl sites for hydroxylation is 1. The molecule has 2 aliphatic heterocycles. The number of ether oxygens (including phenoxy) is 2.